The Hall–Kier alpha value is -2.81. The molecule has 3 N–H and O–H groups in total. The normalized spacial score (nSPS) is 20.9. The molecule has 0 bridgehead atoms. The van der Waals surface area contributed by atoms with Crippen LogP contribution in [-0.4, -0.2) is 48.7 Å². The number of rotatable bonds is 2. The summed E-state index contributed by atoms with van der Waals surface area (Å²) in [4.78, 5) is 25.9. The van der Waals surface area contributed by atoms with Crippen LogP contribution in [0.4, 0.5) is 10.1 Å². The van der Waals surface area contributed by atoms with Crippen LogP contribution >= 0.6 is 0 Å². The Labute approximate surface area is 154 Å². The van der Waals surface area contributed by atoms with Gasteiger partial charge in [0, 0.05) is 32.4 Å². The van der Waals surface area contributed by atoms with Crippen molar-refractivity contribution in [1.29, 1.82) is 0 Å². The molecule has 144 valence electrons. The summed E-state index contributed by atoms with van der Waals surface area (Å²) in [5, 5.41) is 10.9. The molecule has 0 amide bonds. The minimum absolute atomic E-state index is 0.0274. The Morgan fingerprint density at radius 2 is 2.15 bits per heavy atom. The quantitative estimate of drug-likeness (QED) is 0.804. The summed E-state index contributed by atoms with van der Waals surface area (Å²) in [5.41, 5.74) is 5.46. The van der Waals surface area contributed by atoms with E-state index >= 15 is 4.39 Å². The lowest BCUT2D eigenvalue weighted by Gasteiger charge is -2.33. The Balaban J connectivity index is 2.03. The first kappa shape index (κ1) is 17.6. The van der Waals surface area contributed by atoms with E-state index in [9.17, 15) is 14.7 Å². The number of nitrogens with zero attached hydrogens (tertiary/aromatic N) is 3. The standard InChI is InChI=1S/C18H21FN4O4/c1-18(2)7-22(6-12(18)20)14-11(19)4-9-13-16(14)27-8-21(3)23(13)5-10(15(9)24)17(25)26/h4-5,12H,6-8,20H2,1-3H3,(H,25,26)/t12-/m0/s1. The molecule has 0 aliphatic carbocycles. The molecule has 9 heteroatoms. The molecule has 3 heterocycles. The van der Waals surface area contributed by atoms with Gasteiger partial charge in [-0.15, -0.1) is 0 Å². The second-order valence-electron chi connectivity index (χ2n) is 7.86. The number of aromatic carboxylic acids is 1. The molecule has 8 nitrogen and oxygen atoms in total. The van der Waals surface area contributed by atoms with Gasteiger partial charge in [-0.1, -0.05) is 13.8 Å². The fourth-order valence-corrected chi connectivity index (χ4v) is 3.80. The number of carboxylic acid groups (broad SMARTS) is 1. The maximum absolute atomic E-state index is 15.1. The van der Waals surface area contributed by atoms with E-state index in [0.29, 0.717) is 18.6 Å². The molecule has 0 radical (unpaired) electrons. The predicted octanol–water partition coefficient (Wildman–Crippen LogP) is 0.930. The summed E-state index contributed by atoms with van der Waals surface area (Å²) in [6.45, 7) is 5.13. The predicted molar refractivity (Wildman–Crippen MR) is 98.7 cm³/mol. The summed E-state index contributed by atoms with van der Waals surface area (Å²) in [6.07, 6.45) is 1.25. The summed E-state index contributed by atoms with van der Waals surface area (Å²) in [5.74, 6) is -1.75. The molecular formula is C18H21FN4O4. The minimum Gasteiger partial charge on any atom is -0.477 e. The van der Waals surface area contributed by atoms with Gasteiger partial charge in [-0.3, -0.25) is 14.5 Å². The van der Waals surface area contributed by atoms with Gasteiger partial charge in [0.1, 0.15) is 16.8 Å². The Kier molecular flexibility index (Phi) is 3.64. The minimum atomic E-state index is -1.36. The highest BCUT2D eigenvalue weighted by Gasteiger charge is 2.40. The third kappa shape index (κ3) is 2.45. The topological polar surface area (TPSA) is 101 Å². The van der Waals surface area contributed by atoms with Crippen molar-refractivity contribution in [3.63, 3.8) is 0 Å². The highest BCUT2D eigenvalue weighted by molar-refractivity contribution is 5.97. The van der Waals surface area contributed by atoms with Crippen LogP contribution in [0.3, 0.4) is 0 Å². The molecule has 1 fully saturated rings. The first-order valence-electron chi connectivity index (χ1n) is 8.61. The van der Waals surface area contributed by atoms with Gasteiger partial charge in [0.15, 0.2) is 18.3 Å². The number of ether oxygens (including phenoxy) is 1. The van der Waals surface area contributed by atoms with Crippen molar-refractivity contribution in [1.82, 2.24) is 4.68 Å². The second-order valence-corrected chi connectivity index (χ2v) is 7.86. The van der Waals surface area contributed by atoms with Crippen LogP contribution in [0.25, 0.3) is 10.9 Å². The average molecular weight is 376 g/mol. The molecule has 2 aliphatic rings. The zero-order valence-electron chi connectivity index (χ0n) is 15.3. The lowest BCUT2D eigenvalue weighted by atomic mass is 9.89. The highest BCUT2D eigenvalue weighted by Crippen LogP contribution is 2.43. The summed E-state index contributed by atoms with van der Waals surface area (Å²) >= 11 is 0. The van der Waals surface area contributed by atoms with E-state index in [1.807, 2.05) is 18.7 Å². The van der Waals surface area contributed by atoms with Crippen LogP contribution in [0.5, 0.6) is 5.75 Å². The number of nitrogens with two attached hydrogens (primary N) is 1. The van der Waals surface area contributed by atoms with E-state index in [1.54, 1.807) is 12.1 Å². The van der Waals surface area contributed by atoms with Gasteiger partial charge < -0.3 is 20.5 Å². The van der Waals surface area contributed by atoms with Gasteiger partial charge in [-0.25, -0.2) is 9.18 Å². The van der Waals surface area contributed by atoms with Crippen LogP contribution in [0.15, 0.2) is 17.1 Å². The lowest BCUT2D eigenvalue weighted by Crippen LogP contribution is -2.40. The Morgan fingerprint density at radius 3 is 2.74 bits per heavy atom. The largest absolute Gasteiger partial charge is 0.477 e. The van der Waals surface area contributed by atoms with Crippen LogP contribution in [0.1, 0.15) is 24.2 Å². The number of pyridine rings is 1. The van der Waals surface area contributed by atoms with E-state index in [2.05, 4.69) is 0 Å². The molecule has 4 rings (SSSR count). The number of halogens is 1. The van der Waals surface area contributed by atoms with E-state index in [-0.39, 0.29) is 35.0 Å². The van der Waals surface area contributed by atoms with Crippen LogP contribution in [0.2, 0.25) is 0 Å². The molecule has 1 atom stereocenters. The smallest absolute Gasteiger partial charge is 0.341 e. The van der Waals surface area contributed by atoms with E-state index in [1.165, 1.54) is 10.9 Å². The molecule has 2 aromatic rings. The first-order valence-corrected chi connectivity index (χ1v) is 8.61. The van der Waals surface area contributed by atoms with Crippen LogP contribution in [-0.2, 0) is 0 Å². The van der Waals surface area contributed by atoms with Gasteiger partial charge in [0.05, 0.1) is 5.39 Å². The van der Waals surface area contributed by atoms with E-state index < -0.39 is 22.8 Å². The van der Waals surface area contributed by atoms with Gasteiger partial charge in [-0.2, -0.15) is 0 Å². The molecular weight excluding hydrogens is 355 g/mol. The number of carbonyl (C=O) groups is 1. The van der Waals surface area contributed by atoms with Crippen molar-refractivity contribution in [3.05, 3.63) is 33.9 Å². The van der Waals surface area contributed by atoms with Crippen molar-refractivity contribution in [2.24, 2.45) is 11.1 Å². The van der Waals surface area contributed by atoms with Gasteiger partial charge in [0.25, 0.3) is 0 Å². The maximum Gasteiger partial charge on any atom is 0.341 e. The van der Waals surface area contributed by atoms with Crippen molar-refractivity contribution in [2.75, 3.05) is 36.8 Å². The van der Waals surface area contributed by atoms with Crippen molar-refractivity contribution < 1.29 is 19.0 Å². The van der Waals surface area contributed by atoms with Crippen LogP contribution in [0, 0.1) is 11.2 Å². The lowest BCUT2D eigenvalue weighted by molar-refractivity contribution is 0.0694. The monoisotopic (exact) mass is 376 g/mol. The zero-order valence-corrected chi connectivity index (χ0v) is 15.3. The van der Waals surface area contributed by atoms with Crippen molar-refractivity contribution >= 4 is 22.6 Å². The average Bonchev–Trinajstić information content (AvgIpc) is 2.84. The van der Waals surface area contributed by atoms with Crippen molar-refractivity contribution in [2.45, 2.75) is 19.9 Å². The number of hydrogen-bond acceptors (Lipinski definition) is 6. The molecule has 0 saturated carbocycles. The van der Waals surface area contributed by atoms with Gasteiger partial charge in [-0.05, 0) is 11.5 Å². The number of hydrogen-bond donors (Lipinski definition) is 2. The summed E-state index contributed by atoms with van der Waals surface area (Å²) < 4.78 is 22.4. The fourth-order valence-electron chi connectivity index (χ4n) is 3.80. The summed E-state index contributed by atoms with van der Waals surface area (Å²) in [7, 11) is 1.69. The third-order valence-electron chi connectivity index (χ3n) is 5.48. The zero-order chi connectivity index (χ0) is 19.7. The maximum atomic E-state index is 15.1. The molecule has 0 unspecified atom stereocenters. The Bertz CT molecular complexity index is 1030. The molecule has 27 heavy (non-hydrogen) atoms. The molecule has 1 aromatic carbocycles. The van der Waals surface area contributed by atoms with E-state index in [0.717, 1.165) is 6.07 Å². The molecule has 1 saturated heterocycles. The van der Waals surface area contributed by atoms with Gasteiger partial charge >= 0.3 is 5.97 Å². The molecule has 2 aliphatic heterocycles. The number of anilines is 1. The second kappa shape index (κ2) is 5.59. The first-order chi connectivity index (χ1) is 12.6. The number of carboxylic acids is 1. The van der Waals surface area contributed by atoms with E-state index in [4.69, 9.17) is 10.5 Å². The third-order valence-corrected chi connectivity index (χ3v) is 5.48. The number of benzene rings is 1. The fraction of sp³-hybridized carbons (Fsp3) is 0.444. The molecule has 0 spiro atoms. The Morgan fingerprint density at radius 1 is 1.44 bits per heavy atom. The van der Waals surface area contributed by atoms with Crippen LogP contribution < -0.4 is 25.8 Å². The van der Waals surface area contributed by atoms with Crippen molar-refractivity contribution in [3.8, 4) is 5.75 Å². The molecule has 1 aromatic heterocycles. The number of aromatic nitrogens is 1. The summed E-state index contributed by atoms with van der Waals surface area (Å²) in [6, 6.07) is 0.960. The SMILES string of the molecule is CN1COc2c(N3C[C@H](N)C(C)(C)C3)c(F)cc3c(=O)c(C(=O)O)cn1c23. The van der Waals surface area contributed by atoms with Gasteiger partial charge in [0.2, 0.25) is 5.43 Å². The highest BCUT2D eigenvalue weighted by atomic mass is 19.1.